The number of primary amides is 1. The first kappa shape index (κ1) is 12.1. The van der Waals surface area contributed by atoms with Crippen LogP contribution >= 0.6 is 0 Å². The molecule has 2 aromatic rings. The van der Waals surface area contributed by atoms with E-state index in [1.165, 1.54) is 0 Å². The number of hydrogen-bond acceptors (Lipinski definition) is 4. The van der Waals surface area contributed by atoms with Crippen molar-refractivity contribution in [2.45, 2.75) is 6.54 Å². The van der Waals surface area contributed by atoms with Crippen molar-refractivity contribution >= 4 is 11.7 Å². The standard InChI is InChI=1S/C13H14N4O/c14-6-8-2-1-3-9(4-8)10-5-11(13(16)18)12(15)17-7-10/h1-5,7H,6,14H2,(H2,15,17)(H2,16,18). The van der Waals surface area contributed by atoms with Gasteiger partial charge < -0.3 is 17.2 Å². The number of carbonyl (C=O) groups excluding carboxylic acids is 1. The molecule has 0 fully saturated rings. The molecule has 0 saturated carbocycles. The summed E-state index contributed by atoms with van der Waals surface area (Å²) in [6, 6.07) is 9.33. The van der Waals surface area contributed by atoms with Gasteiger partial charge in [0.15, 0.2) is 0 Å². The van der Waals surface area contributed by atoms with Crippen LogP contribution in [0.4, 0.5) is 5.82 Å². The molecule has 0 unspecified atom stereocenters. The highest BCUT2D eigenvalue weighted by Crippen LogP contribution is 2.22. The first-order valence-corrected chi connectivity index (χ1v) is 5.46. The molecule has 5 heteroatoms. The van der Waals surface area contributed by atoms with Crippen LogP contribution in [0.5, 0.6) is 0 Å². The molecule has 1 heterocycles. The van der Waals surface area contributed by atoms with E-state index in [1.807, 2.05) is 24.3 Å². The van der Waals surface area contributed by atoms with E-state index in [0.717, 1.165) is 16.7 Å². The average Bonchev–Trinajstić information content (AvgIpc) is 2.39. The molecule has 0 aliphatic heterocycles. The first-order valence-electron chi connectivity index (χ1n) is 5.46. The lowest BCUT2D eigenvalue weighted by Crippen LogP contribution is -2.14. The quantitative estimate of drug-likeness (QED) is 0.742. The van der Waals surface area contributed by atoms with Crippen LogP contribution in [0.25, 0.3) is 11.1 Å². The molecule has 0 bridgehead atoms. The molecule has 0 radical (unpaired) electrons. The number of pyridine rings is 1. The van der Waals surface area contributed by atoms with Gasteiger partial charge in [-0.1, -0.05) is 18.2 Å². The van der Waals surface area contributed by atoms with Crippen molar-refractivity contribution < 1.29 is 4.79 Å². The Labute approximate surface area is 105 Å². The van der Waals surface area contributed by atoms with Crippen molar-refractivity contribution in [3.63, 3.8) is 0 Å². The minimum absolute atomic E-state index is 0.140. The van der Waals surface area contributed by atoms with E-state index >= 15 is 0 Å². The molecular formula is C13H14N4O. The zero-order chi connectivity index (χ0) is 13.1. The lowest BCUT2D eigenvalue weighted by Gasteiger charge is -2.06. The van der Waals surface area contributed by atoms with Crippen LogP contribution in [-0.2, 0) is 6.54 Å². The summed E-state index contributed by atoms with van der Waals surface area (Å²) in [6.45, 7) is 0.457. The molecule has 1 aromatic heterocycles. The van der Waals surface area contributed by atoms with Gasteiger partial charge in [0.2, 0.25) is 0 Å². The third-order valence-electron chi connectivity index (χ3n) is 2.68. The highest BCUT2D eigenvalue weighted by molar-refractivity contribution is 5.98. The van der Waals surface area contributed by atoms with E-state index in [-0.39, 0.29) is 11.4 Å². The maximum atomic E-state index is 11.2. The number of anilines is 1. The lowest BCUT2D eigenvalue weighted by atomic mass is 10.0. The molecule has 5 nitrogen and oxygen atoms in total. The Kier molecular flexibility index (Phi) is 3.25. The zero-order valence-electron chi connectivity index (χ0n) is 9.76. The molecule has 0 aliphatic carbocycles. The highest BCUT2D eigenvalue weighted by Gasteiger charge is 2.09. The summed E-state index contributed by atoms with van der Waals surface area (Å²) >= 11 is 0. The van der Waals surface area contributed by atoms with Gasteiger partial charge in [-0.25, -0.2) is 4.98 Å². The summed E-state index contributed by atoms with van der Waals surface area (Å²) in [5, 5.41) is 0. The summed E-state index contributed by atoms with van der Waals surface area (Å²) < 4.78 is 0. The SMILES string of the molecule is NCc1cccc(-c2cnc(N)c(C(N)=O)c2)c1. The normalized spacial score (nSPS) is 10.3. The molecule has 2 rings (SSSR count). The van der Waals surface area contributed by atoms with Gasteiger partial charge in [-0.05, 0) is 23.3 Å². The van der Waals surface area contributed by atoms with Gasteiger partial charge in [0, 0.05) is 18.3 Å². The predicted molar refractivity (Wildman–Crippen MR) is 70.5 cm³/mol. The number of amides is 1. The van der Waals surface area contributed by atoms with Crippen LogP contribution < -0.4 is 17.2 Å². The third kappa shape index (κ3) is 2.31. The molecule has 0 spiro atoms. The Balaban J connectivity index is 2.50. The van der Waals surface area contributed by atoms with Gasteiger partial charge in [-0.2, -0.15) is 0 Å². The van der Waals surface area contributed by atoms with Gasteiger partial charge in [0.25, 0.3) is 5.91 Å². The van der Waals surface area contributed by atoms with E-state index in [1.54, 1.807) is 12.3 Å². The highest BCUT2D eigenvalue weighted by atomic mass is 16.1. The number of carbonyl (C=O) groups is 1. The van der Waals surface area contributed by atoms with Crippen LogP contribution in [0.1, 0.15) is 15.9 Å². The second kappa shape index (κ2) is 4.85. The summed E-state index contributed by atoms with van der Waals surface area (Å²) in [6.07, 6.45) is 1.61. The number of benzene rings is 1. The van der Waals surface area contributed by atoms with Gasteiger partial charge >= 0.3 is 0 Å². The Bertz CT molecular complexity index is 595. The van der Waals surface area contributed by atoms with Gasteiger partial charge in [-0.3, -0.25) is 4.79 Å². The summed E-state index contributed by atoms with van der Waals surface area (Å²) in [5.41, 5.74) is 19.4. The fourth-order valence-corrected chi connectivity index (χ4v) is 1.71. The maximum Gasteiger partial charge on any atom is 0.252 e. The maximum absolute atomic E-state index is 11.2. The third-order valence-corrected chi connectivity index (χ3v) is 2.68. The molecule has 92 valence electrons. The Hall–Kier alpha value is -2.40. The Morgan fingerprint density at radius 2 is 2.00 bits per heavy atom. The van der Waals surface area contributed by atoms with E-state index < -0.39 is 5.91 Å². The Morgan fingerprint density at radius 3 is 2.67 bits per heavy atom. The molecular weight excluding hydrogens is 228 g/mol. The van der Waals surface area contributed by atoms with Crippen molar-refractivity contribution in [3.05, 3.63) is 47.7 Å². The van der Waals surface area contributed by atoms with Crippen molar-refractivity contribution in [1.29, 1.82) is 0 Å². The molecule has 1 amide bonds. The zero-order valence-corrected chi connectivity index (χ0v) is 9.76. The van der Waals surface area contributed by atoms with Crippen molar-refractivity contribution in [3.8, 4) is 11.1 Å². The minimum Gasteiger partial charge on any atom is -0.383 e. The first-order chi connectivity index (χ1) is 8.61. The minimum atomic E-state index is -0.586. The van der Waals surface area contributed by atoms with Gasteiger partial charge in [0.1, 0.15) is 5.82 Å². The monoisotopic (exact) mass is 242 g/mol. The van der Waals surface area contributed by atoms with Crippen LogP contribution in [0.3, 0.4) is 0 Å². The largest absolute Gasteiger partial charge is 0.383 e. The van der Waals surface area contributed by atoms with Crippen molar-refractivity contribution in [1.82, 2.24) is 4.98 Å². The molecule has 0 saturated heterocycles. The lowest BCUT2D eigenvalue weighted by molar-refractivity contribution is 0.100. The molecule has 1 aromatic carbocycles. The smallest absolute Gasteiger partial charge is 0.252 e. The van der Waals surface area contributed by atoms with Gasteiger partial charge in [0.05, 0.1) is 5.56 Å². The number of nitrogen functional groups attached to an aromatic ring is 1. The fourth-order valence-electron chi connectivity index (χ4n) is 1.71. The molecule has 0 aliphatic rings. The summed E-state index contributed by atoms with van der Waals surface area (Å²) in [7, 11) is 0. The van der Waals surface area contributed by atoms with E-state index in [9.17, 15) is 4.79 Å². The summed E-state index contributed by atoms with van der Waals surface area (Å²) in [5.74, 6) is -0.446. The number of nitrogens with two attached hydrogens (primary N) is 3. The number of hydrogen-bond donors (Lipinski definition) is 3. The van der Waals surface area contributed by atoms with E-state index in [0.29, 0.717) is 6.54 Å². The van der Waals surface area contributed by atoms with Crippen LogP contribution in [0.15, 0.2) is 36.5 Å². The van der Waals surface area contributed by atoms with Crippen molar-refractivity contribution in [2.75, 3.05) is 5.73 Å². The van der Waals surface area contributed by atoms with Crippen LogP contribution in [0.2, 0.25) is 0 Å². The predicted octanol–water partition coefficient (Wildman–Crippen LogP) is 0.888. The molecule has 18 heavy (non-hydrogen) atoms. The number of aromatic nitrogens is 1. The molecule has 6 N–H and O–H groups in total. The number of rotatable bonds is 3. The van der Waals surface area contributed by atoms with Crippen LogP contribution in [-0.4, -0.2) is 10.9 Å². The number of nitrogens with zero attached hydrogens (tertiary/aromatic N) is 1. The second-order valence-corrected chi connectivity index (χ2v) is 3.93. The van der Waals surface area contributed by atoms with Gasteiger partial charge in [-0.15, -0.1) is 0 Å². The van der Waals surface area contributed by atoms with Crippen LogP contribution in [0, 0.1) is 0 Å². The topological polar surface area (TPSA) is 108 Å². The average molecular weight is 242 g/mol. The fraction of sp³-hybridized carbons (Fsp3) is 0.0769. The molecule has 0 atom stereocenters. The van der Waals surface area contributed by atoms with E-state index in [2.05, 4.69) is 4.98 Å². The summed E-state index contributed by atoms with van der Waals surface area (Å²) in [4.78, 5) is 15.2. The van der Waals surface area contributed by atoms with E-state index in [4.69, 9.17) is 17.2 Å². The second-order valence-electron chi connectivity index (χ2n) is 3.93. The Morgan fingerprint density at radius 1 is 1.22 bits per heavy atom. The van der Waals surface area contributed by atoms with Crippen molar-refractivity contribution in [2.24, 2.45) is 11.5 Å².